The van der Waals surface area contributed by atoms with Crippen LogP contribution in [0, 0.1) is 5.92 Å². The highest BCUT2D eigenvalue weighted by Crippen LogP contribution is 2.41. The van der Waals surface area contributed by atoms with Crippen LogP contribution in [0.3, 0.4) is 0 Å². The third-order valence-electron chi connectivity index (χ3n) is 4.82. The van der Waals surface area contributed by atoms with Crippen LogP contribution in [0.1, 0.15) is 53.9 Å². The molecule has 2 aliphatic heterocycles. The van der Waals surface area contributed by atoms with Crippen molar-refractivity contribution in [3.63, 3.8) is 0 Å². The lowest BCUT2D eigenvalue weighted by atomic mass is 9.86. The standard InChI is InChI=1S/C15H30N2O/c1-6-11-10-17(8-7-12(11)16)13-9-14(2,3)18-15(13,4)5/h11-13H,6-10,16H2,1-5H3. The van der Waals surface area contributed by atoms with Gasteiger partial charge in [-0.3, -0.25) is 4.90 Å². The lowest BCUT2D eigenvalue weighted by Crippen LogP contribution is -2.54. The van der Waals surface area contributed by atoms with Crippen LogP contribution in [0.2, 0.25) is 0 Å². The number of ether oxygens (including phenoxy) is 1. The highest BCUT2D eigenvalue weighted by atomic mass is 16.5. The molecule has 0 aromatic rings. The van der Waals surface area contributed by atoms with E-state index in [1.807, 2.05) is 0 Å². The van der Waals surface area contributed by atoms with Gasteiger partial charge in [0.05, 0.1) is 11.2 Å². The summed E-state index contributed by atoms with van der Waals surface area (Å²) in [6.07, 6.45) is 3.45. The predicted octanol–water partition coefficient (Wildman–Crippen LogP) is 2.39. The monoisotopic (exact) mass is 254 g/mol. The molecule has 3 heteroatoms. The molecular formula is C15H30N2O. The van der Waals surface area contributed by atoms with Crippen molar-refractivity contribution in [1.82, 2.24) is 4.90 Å². The summed E-state index contributed by atoms with van der Waals surface area (Å²) >= 11 is 0. The van der Waals surface area contributed by atoms with Crippen LogP contribution >= 0.6 is 0 Å². The first-order valence-corrected chi connectivity index (χ1v) is 7.45. The Bertz CT molecular complexity index is 301. The summed E-state index contributed by atoms with van der Waals surface area (Å²) in [6, 6.07) is 0.929. The molecule has 3 unspecified atom stereocenters. The minimum absolute atomic E-state index is 0.00937. The second-order valence-electron chi connectivity index (χ2n) is 7.30. The van der Waals surface area contributed by atoms with Crippen molar-refractivity contribution >= 4 is 0 Å². The Morgan fingerprint density at radius 3 is 2.44 bits per heavy atom. The SMILES string of the molecule is CCC1CN(C2CC(C)(C)OC2(C)C)CCC1N. The number of piperidine rings is 1. The van der Waals surface area contributed by atoms with E-state index >= 15 is 0 Å². The van der Waals surface area contributed by atoms with Gasteiger partial charge in [0.15, 0.2) is 0 Å². The molecule has 0 saturated carbocycles. The van der Waals surface area contributed by atoms with Crippen LogP contribution in [-0.4, -0.2) is 41.3 Å². The third-order valence-corrected chi connectivity index (χ3v) is 4.82. The molecule has 0 aromatic heterocycles. The zero-order valence-corrected chi connectivity index (χ0v) is 12.7. The summed E-state index contributed by atoms with van der Waals surface area (Å²) in [4.78, 5) is 2.63. The molecule has 0 aromatic carbocycles. The summed E-state index contributed by atoms with van der Waals surface area (Å²) in [7, 11) is 0. The van der Waals surface area contributed by atoms with E-state index in [0.29, 0.717) is 18.0 Å². The van der Waals surface area contributed by atoms with Crippen LogP contribution in [0.5, 0.6) is 0 Å². The number of nitrogens with two attached hydrogens (primary N) is 1. The smallest absolute Gasteiger partial charge is 0.0789 e. The molecule has 2 fully saturated rings. The fourth-order valence-electron chi connectivity index (χ4n) is 3.90. The Morgan fingerprint density at radius 1 is 1.28 bits per heavy atom. The van der Waals surface area contributed by atoms with Gasteiger partial charge in [0.2, 0.25) is 0 Å². The van der Waals surface area contributed by atoms with E-state index < -0.39 is 0 Å². The van der Waals surface area contributed by atoms with Crippen molar-refractivity contribution < 1.29 is 4.74 Å². The molecule has 0 bridgehead atoms. The van der Waals surface area contributed by atoms with Crippen LogP contribution in [0.15, 0.2) is 0 Å². The van der Waals surface area contributed by atoms with Crippen LogP contribution in [0.25, 0.3) is 0 Å². The zero-order valence-electron chi connectivity index (χ0n) is 12.7. The van der Waals surface area contributed by atoms with Crippen molar-refractivity contribution in [2.75, 3.05) is 13.1 Å². The second kappa shape index (κ2) is 4.77. The van der Waals surface area contributed by atoms with Gasteiger partial charge in [0, 0.05) is 25.2 Å². The molecule has 2 saturated heterocycles. The molecule has 0 spiro atoms. The Labute approximate surface area is 112 Å². The molecule has 2 N–H and O–H groups in total. The van der Waals surface area contributed by atoms with Crippen molar-refractivity contribution in [3.05, 3.63) is 0 Å². The van der Waals surface area contributed by atoms with Crippen LogP contribution < -0.4 is 5.73 Å². The maximum absolute atomic E-state index is 6.22. The topological polar surface area (TPSA) is 38.5 Å². The van der Waals surface area contributed by atoms with Crippen molar-refractivity contribution in [2.24, 2.45) is 11.7 Å². The van der Waals surface area contributed by atoms with E-state index in [1.54, 1.807) is 0 Å². The first-order chi connectivity index (χ1) is 8.25. The first kappa shape index (κ1) is 14.3. The number of rotatable bonds is 2. The van der Waals surface area contributed by atoms with Gasteiger partial charge < -0.3 is 10.5 Å². The fraction of sp³-hybridized carbons (Fsp3) is 1.00. The summed E-state index contributed by atoms with van der Waals surface area (Å²) < 4.78 is 6.22. The average Bonchev–Trinajstić information content (AvgIpc) is 2.47. The number of hydrogen-bond acceptors (Lipinski definition) is 3. The van der Waals surface area contributed by atoms with Gasteiger partial charge in [-0.05, 0) is 46.5 Å². The van der Waals surface area contributed by atoms with Crippen molar-refractivity contribution in [1.29, 1.82) is 0 Å². The summed E-state index contributed by atoms with van der Waals surface area (Å²) in [5.41, 5.74) is 6.18. The predicted molar refractivity (Wildman–Crippen MR) is 75.6 cm³/mol. The minimum atomic E-state index is -0.0385. The minimum Gasteiger partial charge on any atom is -0.368 e. The lowest BCUT2D eigenvalue weighted by molar-refractivity contribution is -0.0839. The zero-order chi connectivity index (χ0) is 13.6. The van der Waals surface area contributed by atoms with Gasteiger partial charge >= 0.3 is 0 Å². The molecule has 2 aliphatic rings. The molecule has 3 nitrogen and oxygen atoms in total. The van der Waals surface area contributed by atoms with E-state index in [0.717, 1.165) is 25.9 Å². The largest absolute Gasteiger partial charge is 0.368 e. The normalized spacial score (nSPS) is 40.0. The van der Waals surface area contributed by atoms with E-state index in [4.69, 9.17) is 10.5 Å². The van der Waals surface area contributed by atoms with E-state index in [2.05, 4.69) is 39.5 Å². The Kier molecular flexibility index (Phi) is 3.79. The van der Waals surface area contributed by atoms with Gasteiger partial charge in [-0.2, -0.15) is 0 Å². The number of nitrogens with zero attached hydrogens (tertiary/aromatic N) is 1. The summed E-state index contributed by atoms with van der Waals surface area (Å²) in [6.45, 7) is 13.4. The third kappa shape index (κ3) is 2.73. The average molecular weight is 254 g/mol. The van der Waals surface area contributed by atoms with Crippen LogP contribution in [0.4, 0.5) is 0 Å². The molecule has 3 atom stereocenters. The molecule has 0 amide bonds. The second-order valence-corrected chi connectivity index (χ2v) is 7.30. The lowest BCUT2D eigenvalue weighted by Gasteiger charge is -2.43. The van der Waals surface area contributed by atoms with Gasteiger partial charge in [0.1, 0.15) is 0 Å². The molecule has 106 valence electrons. The molecular weight excluding hydrogens is 224 g/mol. The maximum Gasteiger partial charge on any atom is 0.0789 e. The molecule has 0 aliphatic carbocycles. The van der Waals surface area contributed by atoms with Crippen molar-refractivity contribution in [2.45, 2.75) is 77.2 Å². The van der Waals surface area contributed by atoms with Gasteiger partial charge in [-0.25, -0.2) is 0 Å². The fourth-order valence-corrected chi connectivity index (χ4v) is 3.90. The van der Waals surface area contributed by atoms with Crippen LogP contribution in [-0.2, 0) is 4.74 Å². The van der Waals surface area contributed by atoms with Gasteiger partial charge in [-0.15, -0.1) is 0 Å². The van der Waals surface area contributed by atoms with E-state index in [-0.39, 0.29) is 11.2 Å². The number of likely N-dealkylation sites (tertiary alicyclic amines) is 1. The van der Waals surface area contributed by atoms with Gasteiger partial charge in [0.25, 0.3) is 0 Å². The Balaban J connectivity index is 2.08. The van der Waals surface area contributed by atoms with Gasteiger partial charge in [-0.1, -0.05) is 13.3 Å². The van der Waals surface area contributed by atoms with Crippen molar-refractivity contribution in [3.8, 4) is 0 Å². The number of hydrogen-bond donors (Lipinski definition) is 1. The molecule has 18 heavy (non-hydrogen) atoms. The highest BCUT2D eigenvalue weighted by molar-refractivity contribution is 5.01. The quantitative estimate of drug-likeness (QED) is 0.822. The maximum atomic E-state index is 6.22. The summed E-state index contributed by atoms with van der Waals surface area (Å²) in [5.74, 6) is 0.651. The summed E-state index contributed by atoms with van der Waals surface area (Å²) in [5, 5.41) is 0. The molecule has 2 rings (SSSR count). The Hall–Kier alpha value is -0.120. The molecule has 0 radical (unpaired) electrons. The van der Waals surface area contributed by atoms with E-state index in [1.165, 1.54) is 6.42 Å². The Morgan fingerprint density at radius 2 is 1.94 bits per heavy atom. The molecule has 2 heterocycles. The highest BCUT2D eigenvalue weighted by Gasteiger charge is 2.49. The first-order valence-electron chi connectivity index (χ1n) is 7.45. The van der Waals surface area contributed by atoms with E-state index in [9.17, 15) is 0 Å².